The van der Waals surface area contributed by atoms with Crippen molar-refractivity contribution in [2.75, 3.05) is 13.1 Å². The minimum absolute atomic E-state index is 0.0196. The Morgan fingerprint density at radius 1 is 1.37 bits per heavy atom. The fraction of sp³-hybridized carbons (Fsp3) is 0.429. The first-order chi connectivity index (χ1) is 14.2. The molecule has 3 rings (SSSR count). The minimum Gasteiger partial charge on any atom is -0.439 e. The molecule has 162 valence electrons. The molecule has 0 aliphatic carbocycles. The van der Waals surface area contributed by atoms with Crippen LogP contribution in [-0.2, 0) is 12.7 Å². The van der Waals surface area contributed by atoms with Crippen LogP contribution in [0.2, 0.25) is 0 Å². The van der Waals surface area contributed by atoms with Gasteiger partial charge in [-0.3, -0.25) is 4.79 Å². The fourth-order valence-electron chi connectivity index (χ4n) is 3.46. The summed E-state index contributed by atoms with van der Waals surface area (Å²) in [5.41, 5.74) is 4.98. The van der Waals surface area contributed by atoms with Crippen molar-refractivity contribution in [2.45, 2.75) is 38.6 Å². The highest BCUT2D eigenvalue weighted by molar-refractivity contribution is 5.94. The molecule has 1 amide bonds. The van der Waals surface area contributed by atoms with Gasteiger partial charge in [0.15, 0.2) is 0 Å². The Balaban J connectivity index is 1.80. The maximum atomic E-state index is 13.1. The number of hydrogen-bond donors (Lipinski definition) is 2. The number of ether oxygens (including phenoxy) is 1. The molecule has 0 spiro atoms. The number of aliphatic hydroxyl groups is 1. The van der Waals surface area contributed by atoms with Gasteiger partial charge in [0, 0.05) is 37.2 Å². The van der Waals surface area contributed by atoms with Crippen LogP contribution in [0.15, 0.2) is 36.4 Å². The van der Waals surface area contributed by atoms with Crippen molar-refractivity contribution >= 4 is 5.91 Å². The maximum Gasteiger partial charge on any atom is 0.433 e. The average Bonchev–Trinajstić information content (AvgIpc) is 2.72. The summed E-state index contributed by atoms with van der Waals surface area (Å²) in [4.78, 5) is 18.1. The molecule has 0 saturated carbocycles. The van der Waals surface area contributed by atoms with Crippen LogP contribution in [0.5, 0.6) is 11.6 Å². The molecule has 1 aromatic heterocycles. The Morgan fingerprint density at radius 2 is 2.13 bits per heavy atom. The number of amides is 1. The molecule has 0 bridgehead atoms. The van der Waals surface area contributed by atoms with E-state index in [-0.39, 0.29) is 35.6 Å². The zero-order valence-corrected chi connectivity index (χ0v) is 16.5. The number of nitrogens with zero attached hydrogens (tertiary/aromatic N) is 2. The van der Waals surface area contributed by atoms with E-state index in [2.05, 4.69) is 4.98 Å². The molecule has 0 radical (unpaired) electrons. The van der Waals surface area contributed by atoms with Gasteiger partial charge in [-0.1, -0.05) is 6.07 Å². The number of hydrogen-bond acceptors (Lipinski definition) is 5. The van der Waals surface area contributed by atoms with E-state index < -0.39 is 18.0 Å². The fourth-order valence-corrected chi connectivity index (χ4v) is 3.46. The highest BCUT2D eigenvalue weighted by Crippen LogP contribution is 2.31. The van der Waals surface area contributed by atoms with Crippen LogP contribution in [0.4, 0.5) is 13.2 Å². The van der Waals surface area contributed by atoms with Crippen molar-refractivity contribution < 1.29 is 27.8 Å². The summed E-state index contributed by atoms with van der Waals surface area (Å²) in [5, 5.41) is 9.82. The van der Waals surface area contributed by atoms with E-state index in [4.69, 9.17) is 10.5 Å². The minimum atomic E-state index is -4.63. The standard InChI is InChI=1S/C21H24F3N3O3/c1-13(28)16-5-3-7-27(12-16)20(29)15-4-2-6-17(10-15)30-19-9-14(11-25)8-18(26-19)21(22,23)24/h2,4,6,8-10,13,16,28H,3,5,7,11-12,25H2,1H3. The average molecular weight is 423 g/mol. The molecule has 1 aliphatic rings. The van der Waals surface area contributed by atoms with Gasteiger partial charge in [0.2, 0.25) is 5.88 Å². The number of carbonyl (C=O) groups excluding carboxylic acids is 1. The summed E-state index contributed by atoms with van der Waals surface area (Å²) < 4.78 is 44.7. The molecule has 1 saturated heterocycles. The van der Waals surface area contributed by atoms with Crippen LogP contribution in [0.25, 0.3) is 0 Å². The zero-order chi connectivity index (χ0) is 21.9. The van der Waals surface area contributed by atoms with Crippen molar-refractivity contribution in [2.24, 2.45) is 11.7 Å². The summed E-state index contributed by atoms with van der Waals surface area (Å²) in [7, 11) is 0. The molecular formula is C21H24F3N3O3. The molecule has 2 aromatic rings. The third-order valence-electron chi connectivity index (χ3n) is 5.12. The van der Waals surface area contributed by atoms with Crippen molar-refractivity contribution in [3.8, 4) is 11.6 Å². The number of carbonyl (C=O) groups is 1. The van der Waals surface area contributed by atoms with Crippen LogP contribution in [0.1, 0.15) is 41.4 Å². The number of rotatable bonds is 5. The second-order valence-corrected chi connectivity index (χ2v) is 7.42. The van der Waals surface area contributed by atoms with Gasteiger partial charge in [-0.2, -0.15) is 13.2 Å². The molecule has 2 atom stereocenters. The number of nitrogens with two attached hydrogens (primary N) is 1. The molecule has 30 heavy (non-hydrogen) atoms. The van der Waals surface area contributed by atoms with Crippen LogP contribution in [-0.4, -0.2) is 40.1 Å². The van der Waals surface area contributed by atoms with Gasteiger partial charge < -0.3 is 20.5 Å². The number of aromatic nitrogens is 1. The largest absolute Gasteiger partial charge is 0.439 e. The monoisotopic (exact) mass is 423 g/mol. The molecule has 1 aromatic carbocycles. The lowest BCUT2D eigenvalue weighted by Gasteiger charge is -2.34. The summed E-state index contributed by atoms with van der Waals surface area (Å²) >= 11 is 0. The van der Waals surface area contributed by atoms with E-state index in [1.165, 1.54) is 18.2 Å². The highest BCUT2D eigenvalue weighted by atomic mass is 19.4. The topological polar surface area (TPSA) is 88.7 Å². The van der Waals surface area contributed by atoms with Crippen molar-refractivity contribution in [3.63, 3.8) is 0 Å². The molecule has 9 heteroatoms. The molecule has 1 fully saturated rings. The van der Waals surface area contributed by atoms with Gasteiger partial charge >= 0.3 is 6.18 Å². The van der Waals surface area contributed by atoms with E-state index >= 15 is 0 Å². The lowest BCUT2D eigenvalue weighted by molar-refractivity contribution is -0.141. The van der Waals surface area contributed by atoms with Crippen LogP contribution in [0, 0.1) is 5.92 Å². The van der Waals surface area contributed by atoms with Gasteiger partial charge in [-0.15, -0.1) is 0 Å². The predicted molar refractivity (Wildman–Crippen MR) is 104 cm³/mol. The van der Waals surface area contributed by atoms with Crippen LogP contribution < -0.4 is 10.5 Å². The normalized spacial score (nSPS) is 18.2. The van der Waals surface area contributed by atoms with E-state index in [1.807, 2.05) is 0 Å². The lowest BCUT2D eigenvalue weighted by Crippen LogP contribution is -2.42. The Bertz CT molecular complexity index is 903. The summed E-state index contributed by atoms with van der Waals surface area (Å²) in [6, 6.07) is 8.43. The number of benzene rings is 1. The first kappa shape index (κ1) is 22.0. The number of pyridine rings is 1. The zero-order valence-electron chi connectivity index (χ0n) is 16.5. The first-order valence-electron chi connectivity index (χ1n) is 9.71. The van der Waals surface area contributed by atoms with E-state index in [9.17, 15) is 23.1 Å². The molecule has 2 unspecified atom stereocenters. The molecule has 2 heterocycles. The quantitative estimate of drug-likeness (QED) is 0.767. The van der Waals surface area contributed by atoms with Gasteiger partial charge in [-0.25, -0.2) is 4.98 Å². The number of alkyl halides is 3. The highest BCUT2D eigenvalue weighted by Gasteiger charge is 2.33. The summed E-state index contributed by atoms with van der Waals surface area (Å²) in [6.45, 7) is 2.66. The summed E-state index contributed by atoms with van der Waals surface area (Å²) in [6.07, 6.45) is -3.47. The van der Waals surface area contributed by atoms with E-state index in [0.717, 1.165) is 18.9 Å². The number of piperidine rings is 1. The Morgan fingerprint density at radius 3 is 2.80 bits per heavy atom. The molecule has 1 aliphatic heterocycles. The molecule has 3 N–H and O–H groups in total. The first-order valence-corrected chi connectivity index (χ1v) is 9.71. The number of halogens is 3. The maximum absolute atomic E-state index is 13.1. The van der Waals surface area contributed by atoms with Crippen molar-refractivity contribution in [1.82, 2.24) is 9.88 Å². The molecule has 6 nitrogen and oxygen atoms in total. The van der Waals surface area contributed by atoms with E-state index in [0.29, 0.717) is 18.7 Å². The van der Waals surface area contributed by atoms with Gasteiger partial charge in [-0.05, 0) is 49.6 Å². The Labute approximate surface area is 172 Å². The van der Waals surface area contributed by atoms with E-state index in [1.54, 1.807) is 24.0 Å². The van der Waals surface area contributed by atoms with Crippen LogP contribution >= 0.6 is 0 Å². The van der Waals surface area contributed by atoms with Gasteiger partial charge in [0.05, 0.1) is 6.10 Å². The Hall–Kier alpha value is -2.65. The van der Waals surface area contributed by atoms with Crippen molar-refractivity contribution in [1.29, 1.82) is 0 Å². The number of aliphatic hydroxyl groups excluding tert-OH is 1. The second kappa shape index (κ2) is 9.01. The number of likely N-dealkylation sites (tertiary alicyclic amines) is 1. The summed E-state index contributed by atoms with van der Waals surface area (Å²) in [5.74, 6) is -0.252. The van der Waals surface area contributed by atoms with Crippen molar-refractivity contribution in [3.05, 3.63) is 53.2 Å². The third kappa shape index (κ3) is 5.28. The van der Waals surface area contributed by atoms with Gasteiger partial charge in [0.1, 0.15) is 11.4 Å². The second-order valence-electron chi connectivity index (χ2n) is 7.42. The third-order valence-corrected chi connectivity index (χ3v) is 5.12. The predicted octanol–water partition coefficient (Wildman–Crippen LogP) is 3.58. The van der Waals surface area contributed by atoms with Gasteiger partial charge in [0.25, 0.3) is 5.91 Å². The SMILES string of the molecule is CC(O)C1CCCN(C(=O)c2cccc(Oc3cc(CN)cc(C(F)(F)F)n3)c2)C1. The smallest absolute Gasteiger partial charge is 0.433 e. The Kier molecular flexibility index (Phi) is 6.62. The molecular weight excluding hydrogens is 399 g/mol. The lowest BCUT2D eigenvalue weighted by atomic mass is 9.93. The van der Waals surface area contributed by atoms with Crippen LogP contribution in [0.3, 0.4) is 0 Å².